The fourth-order valence-corrected chi connectivity index (χ4v) is 1.15. The number of rotatable bonds is 1. The average Bonchev–Trinajstić information content (AvgIpc) is 1.88. The number of nitrogens with one attached hydrogen (secondary N) is 1. The Kier molecular flexibility index (Phi) is 2.40. The van der Waals surface area contributed by atoms with E-state index in [1.807, 2.05) is 14.1 Å². The van der Waals surface area contributed by atoms with Crippen molar-refractivity contribution in [2.24, 2.45) is 0 Å². The maximum atomic E-state index is 10.9. The number of hydrogen-bond donors (Lipinski definition) is 1. The van der Waals surface area contributed by atoms with E-state index in [0.717, 1.165) is 6.54 Å². The van der Waals surface area contributed by atoms with Gasteiger partial charge in [-0.25, -0.2) is 0 Å². The molecule has 0 spiro atoms. The van der Waals surface area contributed by atoms with Crippen molar-refractivity contribution in [2.45, 2.75) is 12.5 Å². The van der Waals surface area contributed by atoms with Crippen molar-refractivity contribution < 1.29 is 4.79 Å². The fourth-order valence-electron chi connectivity index (χ4n) is 1.15. The van der Waals surface area contributed by atoms with Gasteiger partial charge in [0.2, 0.25) is 0 Å². The van der Waals surface area contributed by atoms with Gasteiger partial charge in [-0.05, 0) is 14.1 Å². The van der Waals surface area contributed by atoms with Crippen LogP contribution in [-0.2, 0) is 4.79 Å². The van der Waals surface area contributed by atoms with E-state index in [1.54, 1.807) is 0 Å². The van der Waals surface area contributed by atoms with Crippen LogP contribution in [0.25, 0.3) is 0 Å². The van der Waals surface area contributed by atoms with Crippen LogP contribution in [0.3, 0.4) is 0 Å². The molecule has 1 saturated heterocycles. The Balaban J connectivity index is 2.39. The van der Waals surface area contributed by atoms with E-state index in [2.05, 4.69) is 10.2 Å². The van der Waals surface area contributed by atoms with Crippen LogP contribution in [0, 0.1) is 0 Å². The summed E-state index contributed by atoms with van der Waals surface area (Å²) in [5.41, 5.74) is 0. The molecule has 1 aliphatic rings. The van der Waals surface area contributed by atoms with Gasteiger partial charge in [-0.1, -0.05) is 0 Å². The molecule has 0 saturated carbocycles. The number of carbonyl (C=O) groups is 1. The number of piperidine rings is 1. The van der Waals surface area contributed by atoms with Crippen LogP contribution in [0.15, 0.2) is 0 Å². The van der Waals surface area contributed by atoms with Crippen molar-refractivity contribution in [3.05, 3.63) is 0 Å². The third-order valence-electron chi connectivity index (χ3n) is 1.90. The van der Waals surface area contributed by atoms with Gasteiger partial charge in [-0.3, -0.25) is 4.79 Å². The van der Waals surface area contributed by atoms with E-state index in [4.69, 9.17) is 0 Å². The van der Waals surface area contributed by atoms with Crippen molar-refractivity contribution >= 4 is 5.78 Å². The summed E-state index contributed by atoms with van der Waals surface area (Å²) in [7, 11) is 4.01. The highest BCUT2D eigenvalue weighted by atomic mass is 16.1. The van der Waals surface area contributed by atoms with Crippen molar-refractivity contribution in [2.75, 3.05) is 27.2 Å². The summed E-state index contributed by atoms with van der Waals surface area (Å²) < 4.78 is 0. The first-order valence-corrected chi connectivity index (χ1v) is 3.59. The van der Waals surface area contributed by atoms with Gasteiger partial charge < -0.3 is 10.2 Å². The largest absolute Gasteiger partial charge is 0.308 e. The van der Waals surface area contributed by atoms with Gasteiger partial charge >= 0.3 is 0 Å². The van der Waals surface area contributed by atoms with E-state index in [9.17, 15) is 4.79 Å². The van der Waals surface area contributed by atoms with Gasteiger partial charge in [0.05, 0.1) is 6.54 Å². The summed E-state index contributed by atoms with van der Waals surface area (Å²) in [6.07, 6.45) is 0.708. The van der Waals surface area contributed by atoms with E-state index < -0.39 is 0 Å². The second-order valence-electron chi connectivity index (χ2n) is 2.99. The smallest absolute Gasteiger partial charge is 0.148 e. The molecule has 0 amide bonds. The molecule has 58 valence electrons. The summed E-state index contributed by atoms with van der Waals surface area (Å²) in [5, 5.41) is 3.07. The van der Waals surface area contributed by atoms with Crippen LogP contribution in [0.5, 0.6) is 0 Å². The van der Waals surface area contributed by atoms with Gasteiger partial charge in [0.1, 0.15) is 5.78 Å². The van der Waals surface area contributed by atoms with Gasteiger partial charge in [0, 0.05) is 19.0 Å². The van der Waals surface area contributed by atoms with Crippen molar-refractivity contribution in [3.63, 3.8) is 0 Å². The number of Topliss-reactive ketones (excluding diaryl/α,β-unsaturated/α-hetero) is 1. The number of likely N-dealkylation sites (N-methyl/N-ethyl adjacent to an activating group) is 1. The summed E-state index contributed by atoms with van der Waals surface area (Å²) in [6.45, 7) is 1.50. The van der Waals surface area contributed by atoms with Gasteiger partial charge in [0.15, 0.2) is 0 Å². The summed E-state index contributed by atoms with van der Waals surface area (Å²) in [6, 6.07) is 0.404. The Hall–Kier alpha value is -0.410. The minimum atomic E-state index is 0.324. The average molecular weight is 142 g/mol. The first-order chi connectivity index (χ1) is 4.70. The van der Waals surface area contributed by atoms with E-state index >= 15 is 0 Å². The predicted molar refractivity (Wildman–Crippen MR) is 40.0 cm³/mol. The lowest BCUT2D eigenvalue weighted by atomic mass is 10.1. The summed E-state index contributed by atoms with van der Waals surface area (Å²) in [4.78, 5) is 13.0. The molecular formula is C7H14N2O. The second kappa shape index (κ2) is 3.12. The molecule has 1 aliphatic heterocycles. The Morgan fingerprint density at radius 1 is 1.60 bits per heavy atom. The molecule has 1 fully saturated rings. The van der Waals surface area contributed by atoms with Crippen LogP contribution in [-0.4, -0.2) is 43.9 Å². The molecular weight excluding hydrogens is 128 g/mol. The summed E-state index contributed by atoms with van der Waals surface area (Å²) in [5.74, 6) is 0.324. The maximum Gasteiger partial charge on any atom is 0.148 e. The maximum absolute atomic E-state index is 10.9. The van der Waals surface area contributed by atoms with Crippen molar-refractivity contribution in [1.82, 2.24) is 10.2 Å². The van der Waals surface area contributed by atoms with Crippen LogP contribution in [0.2, 0.25) is 0 Å². The minimum Gasteiger partial charge on any atom is -0.308 e. The van der Waals surface area contributed by atoms with E-state index in [1.165, 1.54) is 0 Å². The lowest BCUT2D eigenvalue weighted by molar-refractivity contribution is -0.120. The Morgan fingerprint density at radius 3 is 2.70 bits per heavy atom. The Morgan fingerprint density at radius 2 is 2.30 bits per heavy atom. The number of hydrogen-bond acceptors (Lipinski definition) is 3. The molecule has 0 bridgehead atoms. The highest BCUT2D eigenvalue weighted by molar-refractivity contribution is 5.81. The molecule has 0 aromatic rings. The van der Waals surface area contributed by atoms with E-state index in [-0.39, 0.29) is 0 Å². The molecule has 1 N–H and O–H groups in total. The van der Waals surface area contributed by atoms with Crippen LogP contribution in [0.1, 0.15) is 6.42 Å². The zero-order chi connectivity index (χ0) is 7.56. The predicted octanol–water partition coefficient (Wildman–Crippen LogP) is -0.521. The molecule has 3 nitrogen and oxygen atoms in total. The molecule has 3 heteroatoms. The number of ketones is 1. The normalized spacial score (nSPS) is 27.5. The minimum absolute atomic E-state index is 0.324. The first-order valence-electron chi connectivity index (χ1n) is 3.59. The first kappa shape index (κ1) is 7.69. The monoisotopic (exact) mass is 142 g/mol. The topological polar surface area (TPSA) is 32.3 Å². The Bertz CT molecular complexity index is 134. The number of nitrogens with zero attached hydrogens (tertiary/aromatic N) is 1. The van der Waals surface area contributed by atoms with Crippen molar-refractivity contribution in [1.29, 1.82) is 0 Å². The highest BCUT2D eigenvalue weighted by Crippen LogP contribution is 2.02. The SMILES string of the molecule is CN(C)C1CNCC(=O)C1. The fraction of sp³-hybridized carbons (Fsp3) is 0.857. The standard InChI is InChI=1S/C7H14N2O/c1-9(2)6-3-7(10)5-8-4-6/h6,8H,3-5H2,1-2H3. The molecule has 1 rings (SSSR count). The third-order valence-corrected chi connectivity index (χ3v) is 1.90. The molecule has 0 aromatic heterocycles. The molecule has 0 aromatic carbocycles. The van der Waals surface area contributed by atoms with Gasteiger partial charge in [-0.15, -0.1) is 0 Å². The van der Waals surface area contributed by atoms with E-state index in [0.29, 0.717) is 24.8 Å². The lowest BCUT2D eigenvalue weighted by Gasteiger charge is -2.27. The quantitative estimate of drug-likeness (QED) is 0.534. The van der Waals surface area contributed by atoms with Crippen LogP contribution >= 0.6 is 0 Å². The number of carbonyl (C=O) groups excluding carboxylic acids is 1. The van der Waals surface area contributed by atoms with Gasteiger partial charge in [-0.2, -0.15) is 0 Å². The zero-order valence-electron chi connectivity index (χ0n) is 6.55. The molecule has 1 atom stereocenters. The lowest BCUT2D eigenvalue weighted by Crippen LogP contribution is -2.46. The Labute approximate surface area is 61.4 Å². The molecule has 0 radical (unpaired) electrons. The summed E-state index contributed by atoms with van der Waals surface area (Å²) >= 11 is 0. The molecule has 1 unspecified atom stereocenters. The highest BCUT2D eigenvalue weighted by Gasteiger charge is 2.19. The molecule has 10 heavy (non-hydrogen) atoms. The van der Waals surface area contributed by atoms with Crippen LogP contribution in [0.4, 0.5) is 0 Å². The second-order valence-corrected chi connectivity index (χ2v) is 2.99. The third kappa shape index (κ3) is 1.78. The molecule has 1 heterocycles. The van der Waals surface area contributed by atoms with Crippen molar-refractivity contribution in [3.8, 4) is 0 Å². The van der Waals surface area contributed by atoms with Crippen LogP contribution < -0.4 is 5.32 Å². The van der Waals surface area contributed by atoms with Gasteiger partial charge in [0.25, 0.3) is 0 Å². The molecule has 0 aliphatic carbocycles. The zero-order valence-corrected chi connectivity index (χ0v) is 6.55.